The third-order valence-corrected chi connectivity index (χ3v) is 5.47. The van der Waals surface area contributed by atoms with Crippen LogP contribution in [0.25, 0.3) is 0 Å². The van der Waals surface area contributed by atoms with Crippen LogP contribution in [0, 0.1) is 0 Å². The third-order valence-electron chi connectivity index (χ3n) is 4.53. The molecule has 1 aromatic rings. The van der Waals surface area contributed by atoms with Crippen LogP contribution >= 0.6 is 11.8 Å². The first-order valence-corrected chi connectivity index (χ1v) is 9.29. The van der Waals surface area contributed by atoms with E-state index in [9.17, 15) is 0 Å². The van der Waals surface area contributed by atoms with Crippen molar-refractivity contribution in [3.8, 4) is 0 Å². The highest BCUT2D eigenvalue weighted by Crippen LogP contribution is 2.20. The van der Waals surface area contributed by atoms with Crippen LogP contribution in [0.3, 0.4) is 0 Å². The smallest absolute Gasteiger partial charge is 0.0366 e. The van der Waals surface area contributed by atoms with Crippen LogP contribution in [-0.4, -0.2) is 67.6 Å². The number of anilines is 1. The maximum absolute atomic E-state index is 2.59. The molecular weight excluding hydrogens is 278 g/mol. The van der Waals surface area contributed by atoms with Crippen LogP contribution in [0.4, 0.5) is 5.69 Å². The number of likely N-dealkylation sites (N-methyl/N-ethyl adjacent to an activating group) is 1. The highest BCUT2D eigenvalue weighted by Gasteiger charge is 2.13. The molecule has 0 unspecified atom stereocenters. The van der Waals surface area contributed by atoms with E-state index in [1.165, 1.54) is 68.4 Å². The Kier molecular flexibility index (Phi) is 5.44. The van der Waals surface area contributed by atoms with Crippen LogP contribution < -0.4 is 4.90 Å². The van der Waals surface area contributed by atoms with Crippen LogP contribution in [0.15, 0.2) is 24.3 Å². The number of benzene rings is 1. The molecule has 2 fully saturated rings. The minimum absolute atomic E-state index is 1.10. The molecule has 0 atom stereocenters. The molecule has 0 aromatic heterocycles. The number of nitrogens with zero attached hydrogens (tertiary/aromatic N) is 3. The van der Waals surface area contributed by atoms with Gasteiger partial charge < -0.3 is 9.80 Å². The molecule has 2 saturated heterocycles. The SMILES string of the molecule is CN1CCCN(Cc2ccc(N3CCSCC3)cc2)CC1. The van der Waals surface area contributed by atoms with Crippen molar-refractivity contribution in [3.63, 3.8) is 0 Å². The molecule has 3 rings (SSSR count). The summed E-state index contributed by atoms with van der Waals surface area (Å²) in [7, 11) is 2.23. The van der Waals surface area contributed by atoms with E-state index in [4.69, 9.17) is 0 Å². The Hall–Kier alpha value is -0.710. The molecule has 3 nitrogen and oxygen atoms in total. The van der Waals surface area contributed by atoms with E-state index < -0.39 is 0 Å². The van der Waals surface area contributed by atoms with Crippen LogP contribution in [0.1, 0.15) is 12.0 Å². The highest BCUT2D eigenvalue weighted by molar-refractivity contribution is 7.99. The van der Waals surface area contributed by atoms with E-state index >= 15 is 0 Å². The maximum atomic E-state index is 2.59. The molecule has 2 aliphatic rings. The molecule has 1 aromatic carbocycles. The molecule has 2 aliphatic heterocycles. The summed E-state index contributed by atoms with van der Waals surface area (Å²) in [5.41, 5.74) is 2.85. The summed E-state index contributed by atoms with van der Waals surface area (Å²) >= 11 is 2.07. The second-order valence-corrected chi connectivity index (χ2v) is 7.42. The Morgan fingerprint density at radius 2 is 1.67 bits per heavy atom. The van der Waals surface area contributed by atoms with Gasteiger partial charge in [-0.3, -0.25) is 4.90 Å². The Morgan fingerprint density at radius 3 is 2.43 bits per heavy atom. The van der Waals surface area contributed by atoms with E-state index in [1.54, 1.807) is 0 Å². The summed E-state index contributed by atoms with van der Waals surface area (Å²) in [4.78, 5) is 7.55. The van der Waals surface area contributed by atoms with Crippen LogP contribution in [0.2, 0.25) is 0 Å². The standard InChI is InChI=1S/C17H27N3S/c1-18-7-2-8-19(10-9-18)15-16-3-5-17(6-4-16)20-11-13-21-14-12-20/h3-6H,2,7-15H2,1H3. The van der Waals surface area contributed by atoms with Crippen molar-refractivity contribution in [1.29, 1.82) is 0 Å². The Bertz CT molecular complexity index is 428. The Labute approximate surface area is 133 Å². The monoisotopic (exact) mass is 305 g/mol. The lowest BCUT2D eigenvalue weighted by Crippen LogP contribution is -2.32. The van der Waals surface area contributed by atoms with Gasteiger partial charge in [-0.25, -0.2) is 0 Å². The van der Waals surface area contributed by atoms with Crippen molar-refractivity contribution in [2.45, 2.75) is 13.0 Å². The summed E-state index contributed by atoms with van der Waals surface area (Å²) in [6.07, 6.45) is 1.29. The lowest BCUT2D eigenvalue weighted by molar-refractivity contribution is 0.269. The van der Waals surface area contributed by atoms with Crippen molar-refractivity contribution in [3.05, 3.63) is 29.8 Å². The van der Waals surface area contributed by atoms with E-state index in [1.807, 2.05) is 0 Å². The summed E-state index contributed by atoms with van der Waals surface area (Å²) in [5, 5.41) is 0. The van der Waals surface area contributed by atoms with E-state index in [-0.39, 0.29) is 0 Å². The first kappa shape index (κ1) is 15.2. The fraction of sp³-hybridized carbons (Fsp3) is 0.647. The number of thioether (sulfide) groups is 1. The highest BCUT2D eigenvalue weighted by atomic mass is 32.2. The third kappa shape index (κ3) is 4.38. The molecule has 0 radical (unpaired) electrons. The van der Waals surface area contributed by atoms with E-state index in [0.29, 0.717) is 0 Å². The minimum atomic E-state index is 1.10. The molecule has 4 heteroatoms. The normalized spacial score (nSPS) is 22.2. The zero-order chi connectivity index (χ0) is 14.5. The molecule has 21 heavy (non-hydrogen) atoms. The summed E-state index contributed by atoms with van der Waals surface area (Å²) < 4.78 is 0. The first-order valence-electron chi connectivity index (χ1n) is 8.14. The number of rotatable bonds is 3. The van der Waals surface area contributed by atoms with Crippen molar-refractivity contribution in [2.24, 2.45) is 0 Å². The van der Waals surface area contributed by atoms with Gasteiger partial charge in [0.15, 0.2) is 0 Å². The second-order valence-electron chi connectivity index (χ2n) is 6.20. The van der Waals surface area contributed by atoms with Crippen molar-refractivity contribution in [2.75, 3.05) is 62.7 Å². The van der Waals surface area contributed by atoms with Crippen LogP contribution in [0.5, 0.6) is 0 Å². The lowest BCUT2D eigenvalue weighted by atomic mass is 10.1. The molecule has 116 valence electrons. The topological polar surface area (TPSA) is 9.72 Å². The quantitative estimate of drug-likeness (QED) is 0.848. The van der Waals surface area contributed by atoms with Gasteiger partial charge in [-0.15, -0.1) is 0 Å². The molecule has 0 spiro atoms. The molecule has 0 N–H and O–H groups in total. The van der Waals surface area contributed by atoms with Gasteiger partial charge in [0, 0.05) is 49.9 Å². The van der Waals surface area contributed by atoms with Gasteiger partial charge in [-0.05, 0) is 44.3 Å². The fourth-order valence-corrected chi connectivity index (χ4v) is 4.05. The predicted molar refractivity (Wildman–Crippen MR) is 93.4 cm³/mol. The molecule has 2 heterocycles. The number of hydrogen-bond donors (Lipinski definition) is 0. The first-order chi connectivity index (χ1) is 10.3. The molecule has 0 amide bonds. The zero-order valence-corrected chi connectivity index (χ0v) is 13.9. The van der Waals surface area contributed by atoms with Crippen molar-refractivity contribution >= 4 is 17.4 Å². The number of hydrogen-bond acceptors (Lipinski definition) is 4. The molecule has 0 bridgehead atoms. The summed E-state index contributed by atoms with van der Waals surface area (Å²) in [5.74, 6) is 2.53. The van der Waals surface area contributed by atoms with E-state index in [0.717, 1.165) is 6.54 Å². The largest absolute Gasteiger partial charge is 0.370 e. The van der Waals surface area contributed by atoms with Crippen molar-refractivity contribution < 1.29 is 0 Å². The second kappa shape index (κ2) is 7.52. The Morgan fingerprint density at radius 1 is 0.905 bits per heavy atom. The average Bonchev–Trinajstić information content (AvgIpc) is 2.74. The lowest BCUT2D eigenvalue weighted by Gasteiger charge is -2.28. The van der Waals surface area contributed by atoms with Gasteiger partial charge >= 0.3 is 0 Å². The summed E-state index contributed by atoms with van der Waals surface area (Å²) in [6.45, 7) is 8.36. The predicted octanol–water partition coefficient (Wildman–Crippen LogP) is 2.38. The minimum Gasteiger partial charge on any atom is -0.370 e. The van der Waals surface area contributed by atoms with Gasteiger partial charge in [0.1, 0.15) is 0 Å². The van der Waals surface area contributed by atoms with Gasteiger partial charge in [0.25, 0.3) is 0 Å². The van der Waals surface area contributed by atoms with E-state index in [2.05, 4.69) is 57.8 Å². The van der Waals surface area contributed by atoms with Gasteiger partial charge in [0.05, 0.1) is 0 Å². The molecule has 0 saturated carbocycles. The van der Waals surface area contributed by atoms with Gasteiger partial charge in [0.2, 0.25) is 0 Å². The molecule has 0 aliphatic carbocycles. The maximum Gasteiger partial charge on any atom is 0.0366 e. The van der Waals surface area contributed by atoms with Gasteiger partial charge in [-0.2, -0.15) is 11.8 Å². The zero-order valence-electron chi connectivity index (χ0n) is 13.1. The Balaban J connectivity index is 1.56. The molecular formula is C17H27N3S. The van der Waals surface area contributed by atoms with Crippen molar-refractivity contribution in [1.82, 2.24) is 9.80 Å². The fourth-order valence-electron chi connectivity index (χ4n) is 3.15. The van der Waals surface area contributed by atoms with Crippen LogP contribution in [-0.2, 0) is 6.54 Å². The van der Waals surface area contributed by atoms with Gasteiger partial charge in [-0.1, -0.05) is 12.1 Å². The summed E-state index contributed by atoms with van der Waals surface area (Å²) in [6, 6.07) is 9.28. The average molecular weight is 305 g/mol.